The Bertz CT molecular complexity index is 4980. The molecule has 0 aromatic heterocycles. The number of methoxy groups -OCH3 is 5. The molecule has 2 saturated carbocycles. The van der Waals surface area contributed by atoms with Gasteiger partial charge in [-0.2, -0.15) is 0 Å². The van der Waals surface area contributed by atoms with Crippen LogP contribution in [0.5, 0.6) is 23.0 Å². The van der Waals surface area contributed by atoms with Crippen LogP contribution in [0, 0.1) is 11.8 Å². The van der Waals surface area contributed by atoms with Crippen molar-refractivity contribution >= 4 is 28.7 Å². The van der Waals surface area contributed by atoms with Crippen molar-refractivity contribution in [1.82, 2.24) is 26.6 Å². The summed E-state index contributed by atoms with van der Waals surface area (Å²) in [6, 6.07) is 61.7. The minimum Gasteiger partial charge on any atom is -0.490 e. The third-order valence-electron chi connectivity index (χ3n) is 29.3. The van der Waals surface area contributed by atoms with Crippen molar-refractivity contribution in [2.24, 2.45) is 11.8 Å². The normalized spacial score (nSPS) is 20.7. The molecule has 26 nitrogen and oxygen atoms in total. The second-order valence-corrected chi connectivity index (χ2v) is 39.9. The Morgan fingerprint density at radius 1 is 0.322 bits per heavy atom. The zero-order valence-corrected chi connectivity index (χ0v) is 86.4. The van der Waals surface area contributed by atoms with E-state index < -0.39 is 0 Å². The number of nitrogens with one attached hydrogen (secondary N) is 5. The van der Waals surface area contributed by atoms with Crippen LogP contribution in [0.4, 0.5) is 22.7 Å². The largest absolute Gasteiger partial charge is 0.490 e. The molecule has 8 aromatic rings. The van der Waals surface area contributed by atoms with E-state index in [1.165, 1.54) is 110 Å². The van der Waals surface area contributed by atoms with Crippen molar-refractivity contribution in [2.75, 3.05) is 246 Å². The number of hydrogen-bond donors (Lipinski definition) is 5. The van der Waals surface area contributed by atoms with Crippen LogP contribution in [-0.2, 0) is 114 Å². The number of hydrogen-bond acceptors (Lipinski definition) is 25. The molecule has 6 fully saturated rings. The molecule has 8 aliphatic heterocycles. The van der Waals surface area contributed by atoms with Crippen LogP contribution in [-0.4, -0.2) is 257 Å². The second-order valence-electron chi connectivity index (χ2n) is 39.9. The van der Waals surface area contributed by atoms with Gasteiger partial charge < -0.3 is 122 Å². The zero-order valence-electron chi connectivity index (χ0n) is 86.4. The highest BCUT2D eigenvalue weighted by molar-refractivity contribution is 5.75. The molecule has 8 heterocycles. The van der Waals surface area contributed by atoms with Crippen LogP contribution in [0.15, 0.2) is 170 Å². The Morgan fingerprint density at radius 2 is 0.622 bits per heavy atom. The summed E-state index contributed by atoms with van der Waals surface area (Å²) in [5, 5.41) is 16.8. The fraction of sp³-hybridized carbons (Fsp3) is 0.581. The van der Waals surface area contributed by atoms with E-state index >= 15 is 0 Å². The Morgan fingerprint density at radius 3 is 0.930 bits per heavy atom. The summed E-state index contributed by atoms with van der Waals surface area (Å²) in [4.78, 5) is 21.0. The van der Waals surface area contributed by atoms with Crippen LogP contribution in [0.1, 0.15) is 193 Å². The standard InChI is InChI=1S/C30H43N3O4.C30H42N2O4.C29H40N2O4.C28H40N2O5/c1-31-30(34)7-4-3-6-23-8-11-25(12-9-23)26-14-15-32-21-29(26)37-22-24-10-13-28-27(20-24)33(17-19-36-28)16-5-18-35-2;1-33-16-2-14-32-15-18-35-29-10-7-25(19-28(29)32)22-36-30-20-31-13-11-27(30)26-8-5-24(6-9-26)21-34-17-12-23-3-4-23;1-32-15-2-13-31-14-16-34-28-10-7-24(17-27(28)31)21-35-29-18-30-12-11-26(29)25-8-5-23(6-9-25)20-33-19-22-3-4-22;1-31-14-3-12-30-13-15-34-27-9-6-23(18-26(27)30)21-35-28-19-29-11-10-25(28)24-7-4-22(5-8-24)20-33-17-16-32-2/h8-13,20,26,29,32H,3-7,14-19,21-22H2,1-2H3,(H,31,34);5-10,19,23,27,30-31H,2-4,11-18,20-22H2,1H3;5-10,17,22,26,29-30H,2-4,11-16,18-21H2,1H3;4-9,18,25,28-29H,3,10-17,19-21H2,1-2H3/t26-,29+;27-,30+;26-,29+;25-,28+/m1111/s1. The van der Waals surface area contributed by atoms with Crippen LogP contribution in [0.2, 0.25) is 0 Å². The predicted octanol–water partition coefficient (Wildman–Crippen LogP) is 17.2. The van der Waals surface area contributed by atoms with Crippen molar-refractivity contribution in [3.05, 3.63) is 237 Å². The number of carbonyl (C=O) groups excluding carboxylic acids is 1. The van der Waals surface area contributed by atoms with Gasteiger partial charge in [0.25, 0.3) is 0 Å². The third-order valence-corrected chi connectivity index (χ3v) is 29.3. The van der Waals surface area contributed by atoms with Crippen molar-refractivity contribution in [1.29, 1.82) is 0 Å². The summed E-state index contributed by atoms with van der Waals surface area (Å²) in [5.74, 6) is 7.29. The molecule has 0 unspecified atom stereocenters. The molecule has 143 heavy (non-hydrogen) atoms. The smallest absolute Gasteiger partial charge is 0.219 e. The fourth-order valence-corrected chi connectivity index (χ4v) is 20.6. The lowest BCUT2D eigenvalue weighted by Crippen LogP contribution is -2.41. The number of ether oxygens (including phenoxy) is 16. The maximum Gasteiger partial charge on any atom is 0.219 e. The number of fused-ring (bicyclic) bond motifs is 4. The molecule has 2 aliphatic carbocycles. The van der Waals surface area contributed by atoms with E-state index in [0.717, 1.165) is 288 Å². The number of carbonyl (C=O) groups is 1. The highest BCUT2D eigenvalue weighted by atomic mass is 16.5. The highest BCUT2D eigenvalue weighted by Gasteiger charge is 2.34. The molecule has 0 radical (unpaired) electrons. The van der Waals surface area contributed by atoms with Crippen LogP contribution in [0.3, 0.4) is 0 Å². The highest BCUT2D eigenvalue weighted by Crippen LogP contribution is 2.42. The molecule has 0 spiro atoms. The number of nitrogens with zero attached hydrogens (tertiary/aromatic N) is 4. The van der Waals surface area contributed by atoms with E-state index in [9.17, 15) is 4.79 Å². The summed E-state index contributed by atoms with van der Waals surface area (Å²) in [5.41, 5.74) is 19.9. The Kier molecular flexibility index (Phi) is 45.2. The van der Waals surface area contributed by atoms with Crippen LogP contribution < -0.4 is 65.1 Å². The maximum atomic E-state index is 11.4. The summed E-state index contributed by atoms with van der Waals surface area (Å²) in [6.45, 7) is 28.6. The van der Waals surface area contributed by atoms with Crippen LogP contribution in [0.25, 0.3) is 0 Å². The summed E-state index contributed by atoms with van der Waals surface area (Å²) in [7, 11) is 10.4. The Labute approximate surface area is 852 Å². The lowest BCUT2D eigenvalue weighted by molar-refractivity contribution is -0.120. The molecular formula is C117H165N9O17. The van der Waals surface area contributed by atoms with Crippen LogP contribution >= 0.6 is 0 Å². The molecule has 0 bridgehead atoms. The lowest BCUT2D eigenvalue weighted by atomic mass is 9.87. The first kappa shape index (κ1) is 108. The summed E-state index contributed by atoms with van der Waals surface area (Å²) < 4.78 is 93.1. The van der Waals surface area contributed by atoms with Gasteiger partial charge >= 0.3 is 0 Å². The van der Waals surface area contributed by atoms with Crippen molar-refractivity contribution in [3.63, 3.8) is 0 Å². The van der Waals surface area contributed by atoms with Gasteiger partial charge in [0, 0.05) is 165 Å². The van der Waals surface area contributed by atoms with Gasteiger partial charge in [0.15, 0.2) is 0 Å². The fourth-order valence-electron chi connectivity index (χ4n) is 20.6. The lowest BCUT2D eigenvalue weighted by Gasteiger charge is -2.33. The number of piperidine rings is 4. The SMILES string of the molecule is CNC(=O)CCCCc1ccc([C@H]2CCNC[C@@H]2OCc2ccc3c(c2)N(CCCOC)CCO3)cc1.COCCCN1CCOc2ccc(CO[C@H]3CNCC[C@@H]3c3ccc(COCC4CC4)cc3)cc21.COCCCN1CCOc2ccc(CO[C@H]3CNCC[C@@H]3c3ccc(COCCC4CC4)cc3)cc21.COCCCN1CCOc2ccc(CO[C@H]3CNCC[C@@H]3c3ccc(COCCOC)cc3)cc21. The molecule has 780 valence electrons. The zero-order chi connectivity index (χ0) is 98.6. The van der Waals surface area contributed by atoms with E-state index in [1.54, 1.807) is 42.6 Å². The third kappa shape index (κ3) is 34.6. The molecule has 8 aromatic carbocycles. The predicted molar refractivity (Wildman–Crippen MR) is 566 cm³/mol. The van der Waals surface area contributed by atoms with Gasteiger partial charge in [0.2, 0.25) is 5.91 Å². The molecular weight excluding hydrogens is 1800 g/mol. The number of aryl methyl sites for hydroxylation is 1. The summed E-state index contributed by atoms with van der Waals surface area (Å²) in [6.07, 6.45) is 19.2. The van der Waals surface area contributed by atoms with E-state index in [0.29, 0.717) is 89.6 Å². The Balaban J connectivity index is 0.000000144. The molecule has 18 rings (SSSR count). The summed E-state index contributed by atoms with van der Waals surface area (Å²) >= 11 is 0. The van der Waals surface area contributed by atoms with Crippen molar-refractivity contribution in [2.45, 2.75) is 203 Å². The topological polar surface area (TPSA) is 238 Å². The quantitative estimate of drug-likeness (QED) is 0.0223. The van der Waals surface area contributed by atoms with Gasteiger partial charge in [-0.05, 0) is 243 Å². The van der Waals surface area contributed by atoms with E-state index in [2.05, 4.69) is 216 Å². The molecule has 8 atom stereocenters. The molecule has 4 saturated heterocycles. The van der Waals surface area contributed by atoms with Gasteiger partial charge in [0.05, 0.1) is 133 Å². The van der Waals surface area contributed by atoms with Gasteiger partial charge in [-0.1, -0.05) is 134 Å². The number of rotatable bonds is 51. The van der Waals surface area contributed by atoms with Gasteiger partial charge in [0.1, 0.15) is 49.4 Å². The number of unbranched alkanes of at least 4 members (excludes halogenated alkanes) is 1. The minimum atomic E-state index is 0.121. The van der Waals surface area contributed by atoms with E-state index in [1.807, 2.05) is 0 Å². The first-order valence-corrected chi connectivity index (χ1v) is 53.6. The molecule has 1 amide bonds. The first-order chi connectivity index (χ1) is 70.5. The second kappa shape index (κ2) is 59.7. The van der Waals surface area contributed by atoms with Crippen molar-refractivity contribution in [3.8, 4) is 23.0 Å². The molecule has 26 heteroatoms. The average Bonchev–Trinajstić information content (AvgIpc) is 1.80. The number of amides is 1. The average molecular weight is 1970 g/mol. The van der Waals surface area contributed by atoms with Gasteiger partial charge in [-0.3, -0.25) is 4.79 Å². The van der Waals surface area contributed by atoms with Gasteiger partial charge in [-0.15, -0.1) is 0 Å². The van der Waals surface area contributed by atoms with E-state index in [4.69, 9.17) is 75.8 Å². The molecule has 10 aliphatic rings. The molecule has 5 N–H and O–H groups in total. The van der Waals surface area contributed by atoms with E-state index in [-0.39, 0.29) is 30.3 Å². The first-order valence-electron chi connectivity index (χ1n) is 53.6. The number of anilines is 4. The van der Waals surface area contributed by atoms with Gasteiger partial charge in [-0.25, -0.2) is 0 Å². The maximum absolute atomic E-state index is 11.4. The monoisotopic (exact) mass is 1970 g/mol. The minimum absolute atomic E-state index is 0.121. The number of benzene rings is 8. The Hall–Kier alpha value is -9.01. The van der Waals surface area contributed by atoms with Crippen molar-refractivity contribution < 1.29 is 80.6 Å².